The number of carbonyl (C=O) groups excluding carboxylic acids is 1. The SMILES string of the molecule is CCOC(=O)C#CC(O)CCc1ccoc1. The maximum atomic E-state index is 10.9. The van der Waals surface area contributed by atoms with Gasteiger partial charge in [0, 0.05) is 5.92 Å². The van der Waals surface area contributed by atoms with Crippen molar-refractivity contribution in [3.63, 3.8) is 0 Å². The van der Waals surface area contributed by atoms with Crippen LogP contribution >= 0.6 is 0 Å². The minimum absolute atomic E-state index is 0.290. The highest BCUT2D eigenvalue weighted by Crippen LogP contribution is 2.05. The summed E-state index contributed by atoms with van der Waals surface area (Å²) in [5.41, 5.74) is 0.997. The topological polar surface area (TPSA) is 59.7 Å². The first-order valence-electron chi connectivity index (χ1n) is 5.09. The molecule has 0 saturated carbocycles. The van der Waals surface area contributed by atoms with Crippen LogP contribution in [0.25, 0.3) is 0 Å². The first kappa shape index (κ1) is 12.3. The van der Waals surface area contributed by atoms with Crippen LogP contribution in [0, 0.1) is 11.8 Å². The van der Waals surface area contributed by atoms with E-state index in [0.717, 1.165) is 5.56 Å². The third-order valence-electron chi connectivity index (χ3n) is 1.90. The summed E-state index contributed by atoms with van der Waals surface area (Å²) in [6.45, 7) is 1.99. The quantitative estimate of drug-likeness (QED) is 0.471. The first-order valence-corrected chi connectivity index (χ1v) is 5.09. The number of aliphatic hydroxyl groups excluding tert-OH is 1. The third kappa shape index (κ3) is 4.67. The van der Waals surface area contributed by atoms with Crippen LogP contribution in [0.2, 0.25) is 0 Å². The lowest BCUT2D eigenvalue weighted by Gasteiger charge is -2.00. The average molecular weight is 222 g/mol. The maximum Gasteiger partial charge on any atom is 0.384 e. The number of carbonyl (C=O) groups is 1. The number of hydrogen-bond donors (Lipinski definition) is 1. The molecule has 0 aliphatic heterocycles. The number of aliphatic hydroxyl groups is 1. The van der Waals surface area contributed by atoms with Gasteiger partial charge in [0.05, 0.1) is 19.1 Å². The fraction of sp³-hybridized carbons (Fsp3) is 0.417. The summed E-state index contributed by atoms with van der Waals surface area (Å²) in [4.78, 5) is 10.9. The Bertz CT molecular complexity index is 369. The second kappa shape index (κ2) is 6.70. The van der Waals surface area contributed by atoms with Crippen molar-refractivity contribution in [2.45, 2.75) is 25.9 Å². The molecule has 1 atom stereocenters. The average Bonchev–Trinajstić information content (AvgIpc) is 2.77. The molecule has 1 aromatic heterocycles. The van der Waals surface area contributed by atoms with E-state index in [-0.39, 0.29) is 0 Å². The van der Waals surface area contributed by atoms with Crippen molar-refractivity contribution in [2.75, 3.05) is 6.61 Å². The van der Waals surface area contributed by atoms with E-state index in [1.807, 2.05) is 6.07 Å². The van der Waals surface area contributed by atoms with Crippen molar-refractivity contribution in [2.24, 2.45) is 0 Å². The molecule has 4 heteroatoms. The summed E-state index contributed by atoms with van der Waals surface area (Å²) in [5.74, 6) is 4.05. The Balaban J connectivity index is 2.30. The van der Waals surface area contributed by atoms with Crippen molar-refractivity contribution in [3.8, 4) is 11.8 Å². The molecule has 1 aromatic rings. The summed E-state index contributed by atoms with van der Waals surface area (Å²) in [7, 11) is 0. The molecule has 0 fully saturated rings. The molecule has 0 aliphatic rings. The van der Waals surface area contributed by atoms with Gasteiger partial charge in [0.2, 0.25) is 0 Å². The molecule has 1 rings (SSSR count). The number of aryl methyl sites for hydroxylation is 1. The summed E-state index contributed by atoms with van der Waals surface area (Å²) in [6, 6.07) is 1.82. The Labute approximate surface area is 94.2 Å². The molecule has 0 radical (unpaired) electrons. The zero-order chi connectivity index (χ0) is 11.8. The standard InChI is InChI=1S/C12H14O4/c1-2-16-12(14)6-5-11(13)4-3-10-7-8-15-9-10/h7-9,11,13H,2-4H2,1H3. The van der Waals surface area contributed by atoms with Gasteiger partial charge in [-0.05, 0) is 31.4 Å². The molecule has 86 valence electrons. The number of hydrogen-bond acceptors (Lipinski definition) is 4. The van der Waals surface area contributed by atoms with E-state index in [1.165, 1.54) is 0 Å². The lowest BCUT2D eigenvalue weighted by molar-refractivity contribution is -0.136. The van der Waals surface area contributed by atoms with Crippen LogP contribution < -0.4 is 0 Å². The molecule has 0 aromatic carbocycles. The zero-order valence-electron chi connectivity index (χ0n) is 9.10. The van der Waals surface area contributed by atoms with E-state index in [2.05, 4.69) is 16.6 Å². The lowest BCUT2D eigenvalue weighted by atomic mass is 10.1. The van der Waals surface area contributed by atoms with Crippen LogP contribution in [0.4, 0.5) is 0 Å². The molecule has 1 N–H and O–H groups in total. The summed E-state index contributed by atoms with van der Waals surface area (Å²) in [5, 5.41) is 9.45. The van der Waals surface area contributed by atoms with Gasteiger partial charge in [0.25, 0.3) is 0 Å². The van der Waals surface area contributed by atoms with Gasteiger partial charge in [-0.3, -0.25) is 0 Å². The highest BCUT2D eigenvalue weighted by atomic mass is 16.5. The van der Waals surface area contributed by atoms with Crippen molar-refractivity contribution in [1.29, 1.82) is 0 Å². The fourth-order valence-corrected chi connectivity index (χ4v) is 1.12. The number of esters is 1. The minimum Gasteiger partial charge on any atom is -0.472 e. The predicted molar refractivity (Wildman–Crippen MR) is 57.4 cm³/mol. The fourth-order valence-electron chi connectivity index (χ4n) is 1.12. The molecule has 0 saturated heterocycles. The van der Waals surface area contributed by atoms with Crippen molar-refractivity contribution in [1.82, 2.24) is 0 Å². The maximum absolute atomic E-state index is 10.9. The minimum atomic E-state index is -0.820. The predicted octanol–water partition coefficient (Wildman–Crippen LogP) is 1.14. The molecule has 1 unspecified atom stereocenters. The van der Waals surface area contributed by atoms with E-state index in [4.69, 9.17) is 4.42 Å². The number of furan rings is 1. The Hall–Kier alpha value is -1.73. The van der Waals surface area contributed by atoms with Gasteiger partial charge >= 0.3 is 5.97 Å². The van der Waals surface area contributed by atoms with Crippen molar-refractivity contribution >= 4 is 5.97 Å². The third-order valence-corrected chi connectivity index (χ3v) is 1.90. The Morgan fingerprint density at radius 1 is 1.69 bits per heavy atom. The Morgan fingerprint density at radius 2 is 2.50 bits per heavy atom. The van der Waals surface area contributed by atoms with Crippen LogP contribution in [0.3, 0.4) is 0 Å². The molecular formula is C12H14O4. The highest BCUT2D eigenvalue weighted by molar-refractivity contribution is 5.88. The zero-order valence-corrected chi connectivity index (χ0v) is 9.10. The second-order valence-corrected chi connectivity index (χ2v) is 3.18. The monoisotopic (exact) mass is 222 g/mol. The molecular weight excluding hydrogens is 208 g/mol. The molecule has 4 nitrogen and oxygen atoms in total. The van der Waals surface area contributed by atoms with Gasteiger partial charge in [0.1, 0.15) is 6.10 Å². The van der Waals surface area contributed by atoms with E-state index in [0.29, 0.717) is 19.4 Å². The molecule has 16 heavy (non-hydrogen) atoms. The smallest absolute Gasteiger partial charge is 0.384 e. The molecule has 0 amide bonds. The van der Waals surface area contributed by atoms with E-state index < -0.39 is 12.1 Å². The van der Waals surface area contributed by atoms with Crippen LogP contribution in [0.1, 0.15) is 18.9 Å². The highest BCUT2D eigenvalue weighted by Gasteiger charge is 2.02. The Morgan fingerprint density at radius 3 is 3.12 bits per heavy atom. The van der Waals surface area contributed by atoms with Crippen LogP contribution in [0.5, 0.6) is 0 Å². The van der Waals surface area contributed by atoms with E-state index in [9.17, 15) is 9.90 Å². The van der Waals surface area contributed by atoms with Crippen molar-refractivity contribution < 1.29 is 19.1 Å². The van der Waals surface area contributed by atoms with Gasteiger partial charge in [-0.2, -0.15) is 0 Å². The lowest BCUT2D eigenvalue weighted by Crippen LogP contribution is -2.06. The molecule has 1 heterocycles. The first-order chi connectivity index (χ1) is 7.72. The molecule has 0 spiro atoms. The normalized spacial score (nSPS) is 11.4. The summed E-state index contributed by atoms with van der Waals surface area (Å²) >= 11 is 0. The van der Waals surface area contributed by atoms with Gasteiger partial charge in [0.15, 0.2) is 0 Å². The molecule has 0 aliphatic carbocycles. The van der Waals surface area contributed by atoms with Gasteiger partial charge in [-0.1, -0.05) is 5.92 Å². The van der Waals surface area contributed by atoms with E-state index >= 15 is 0 Å². The van der Waals surface area contributed by atoms with Gasteiger partial charge < -0.3 is 14.3 Å². The van der Waals surface area contributed by atoms with Gasteiger partial charge in [-0.15, -0.1) is 0 Å². The van der Waals surface area contributed by atoms with Crippen molar-refractivity contribution in [3.05, 3.63) is 24.2 Å². The second-order valence-electron chi connectivity index (χ2n) is 3.18. The number of rotatable bonds is 4. The Kier molecular flexibility index (Phi) is 5.17. The number of ether oxygens (including phenoxy) is 1. The summed E-state index contributed by atoms with van der Waals surface area (Å²) in [6.07, 6.45) is 3.50. The van der Waals surface area contributed by atoms with Crippen LogP contribution in [0.15, 0.2) is 23.0 Å². The van der Waals surface area contributed by atoms with Gasteiger partial charge in [-0.25, -0.2) is 4.79 Å². The van der Waals surface area contributed by atoms with E-state index in [1.54, 1.807) is 19.5 Å². The largest absolute Gasteiger partial charge is 0.472 e. The molecule has 0 bridgehead atoms. The van der Waals surface area contributed by atoms with Crippen LogP contribution in [-0.4, -0.2) is 23.8 Å². The summed E-state index contributed by atoms with van der Waals surface area (Å²) < 4.78 is 9.49. The van der Waals surface area contributed by atoms with Crippen LogP contribution in [-0.2, 0) is 16.0 Å².